The molecule has 36 heavy (non-hydrogen) atoms. The zero-order chi connectivity index (χ0) is 24.9. The van der Waals surface area contributed by atoms with E-state index in [4.69, 9.17) is 10.5 Å². The zero-order valence-corrected chi connectivity index (χ0v) is 19.9. The Labute approximate surface area is 210 Å². The minimum absolute atomic E-state index is 0.178. The van der Waals surface area contributed by atoms with Crippen molar-refractivity contribution in [2.75, 3.05) is 41.9 Å². The molecule has 0 saturated carbocycles. The fraction of sp³-hybridized carbons (Fsp3) is 0.222. The van der Waals surface area contributed by atoms with Crippen LogP contribution in [0.15, 0.2) is 79.9 Å². The molecule has 0 bridgehead atoms. The van der Waals surface area contributed by atoms with Crippen LogP contribution in [-0.2, 0) is 9.53 Å². The van der Waals surface area contributed by atoms with Crippen LogP contribution in [0.2, 0.25) is 0 Å². The van der Waals surface area contributed by atoms with Gasteiger partial charge in [0.05, 0.1) is 30.6 Å². The minimum atomic E-state index is -0.271. The monoisotopic (exact) mass is 483 g/mol. The molecular formula is C27H29N7O2. The normalized spacial score (nSPS) is 18.9. The van der Waals surface area contributed by atoms with Crippen molar-refractivity contribution in [3.63, 3.8) is 0 Å². The summed E-state index contributed by atoms with van der Waals surface area (Å²) in [6.07, 6.45) is 10.5. The highest BCUT2D eigenvalue weighted by atomic mass is 16.5. The van der Waals surface area contributed by atoms with Crippen molar-refractivity contribution in [2.24, 2.45) is 5.73 Å². The Morgan fingerprint density at radius 2 is 2.06 bits per heavy atom. The molecule has 5 rings (SSSR count). The average molecular weight is 484 g/mol. The Balaban J connectivity index is 1.42. The zero-order valence-electron chi connectivity index (χ0n) is 19.9. The van der Waals surface area contributed by atoms with Crippen molar-refractivity contribution >= 4 is 29.0 Å². The number of carbonyl (C=O) groups excluding carboxylic acids is 1. The highest BCUT2D eigenvalue weighted by Gasteiger charge is 2.27. The molecule has 0 radical (unpaired) electrons. The molecule has 9 nitrogen and oxygen atoms in total. The second-order valence-electron chi connectivity index (χ2n) is 8.61. The van der Waals surface area contributed by atoms with E-state index >= 15 is 0 Å². The first kappa shape index (κ1) is 23.5. The molecule has 4 heterocycles. The first-order chi connectivity index (χ1) is 17.7. The van der Waals surface area contributed by atoms with Gasteiger partial charge in [-0.3, -0.25) is 25.2 Å². The smallest absolute Gasteiger partial charge is 0.247 e. The third-order valence-electron chi connectivity index (χ3n) is 6.35. The lowest BCUT2D eigenvalue weighted by molar-refractivity contribution is -0.111. The number of morpholine rings is 1. The van der Waals surface area contributed by atoms with E-state index in [1.807, 2.05) is 35.6 Å². The molecule has 0 aliphatic carbocycles. The highest BCUT2D eigenvalue weighted by molar-refractivity contribution is 5.98. The van der Waals surface area contributed by atoms with Crippen molar-refractivity contribution in [3.05, 3.63) is 96.7 Å². The number of nitrogens with one attached hydrogen (secondary N) is 2. The summed E-state index contributed by atoms with van der Waals surface area (Å²) in [5, 5.41) is 4.83. The fourth-order valence-corrected chi connectivity index (χ4v) is 4.54. The summed E-state index contributed by atoms with van der Waals surface area (Å²) in [6.45, 7) is 6.24. The number of hydrazine groups is 1. The number of carbonyl (C=O) groups is 1. The quantitative estimate of drug-likeness (QED) is 0.440. The van der Waals surface area contributed by atoms with Gasteiger partial charge in [-0.1, -0.05) is 6.58 Å². The van der Waals surface area contributed by atoms with Gasteiger partial charge < -0.3 is 20.7 Å². The van der Waals surface area contributed by atoms with Crippen LogP contribution in [0.5, 0.6) is 0 Å². The van der Waals surface area contributed by atoms with Gasteiger partial charge in [-0.15, -0.1) is 0 Å². The number of anilines is 3. The van der Waals surface area contributed by atoms with Crippen LogP contribution in [0.25, 0.3) is 6.08 Å². The van der Waals surface area contributed by atoms with Crippen LogP contribution >= 0.6 is 0 Å². The van der Waals surface area contributed by atoms with E-state index in [1.54, 1.807) is 18.5 Å². The molecule has 1 amide bonds. The molecule has 1 saturated heterocycles. The van der Waals surface area contributed by atoms with Gasteiger partial charge >= 0.3 is 0 Å². The topological polar surface area (TPSA) is 109 Å². The Morgan fingerprint density at radius 3 is 2.86 bits per heavy atom. The summed E-state index contributed by atoms with van der Waals surface area (Å²) in [4.78, 5) is 23.0. The van der Waals surface area contributed by atoms with Crippen LogP contribution in [-0.4, -0.2) is 53.2 Å². The van der Waals surface area contributed by atoms with Crippen molar-refractivity contribution in [1.29, 1.82) is 0 Å². The first-order valence-electron chi connectivity index (χ1n) is 11.9. The lowest BCUT2D eigenvalue weighted by Gasteiger charge is -2.37. The summed E-state index contributed by atoms with van der Waals surface area (Å²) in [7, 11) is 0. The maximum atomic E-state index is 11.8. The highest BCUT2D eigenvalue weighted by Crippen LogP contribution is 2.35. The number of hydrogen-bond donors (Lipinski definition) is 3. The van der Waals surface area contributed by atoms with E-state index in [0.29, 0.717) is 25.4 Å². The number of ether oxygens (including phenoxy) is 1. The molecule has 2 aliphatic rings. The molecule has 2 atom stereocenters. The molecule has 4 N–H and O–H groups in total. The number of hydrogen-bond acceptors (Lipinski definition) is 8. The van der Waals surface area contributed by atoms with E-state index in [9.17, 15) is 4.79 Å². The number of pyridine rings is 2. The molecule has 2 unspecified atom stereocenters. The van der Waals surface area contributed by atoms with Crippen LogP contribution < -0.4 is 21.4 Å². The predicted molar refractivity (Wildman–Crippen MR) is 141 cm³/mol. The van der Waals surface area contributed by atoms with Gasteiger partial charge in [0, 0.05) is 54.8 Å². The van der Waals surface area contributed by atoms with Crippen molar-refractivity contribution in [3.8, 4) is 0 Å². The summed E-state index contributed by atoms with van der Waals surface area (Å²) in [5.74, 6) is -0.271. The van der Waals surface area contributed by atoms with Crippen LogP contribution in [0.4, 0.5) is 17.1 Å². The Morgan fingerprint density at radius 1 is 1.19 bits per heavy atom. The van der Waals surface area contributed by atoms with E-state index in [2.05, 4.69) is 56.5 Å². The molecule has 0 spiro atoms. The summed E-state index contributed by atoms with van der Waals surface area (Å²) in [6, 6.07) is 13.9. The van der Waals surface area contributed by atoms with Gasteiger partial charge in [0.2, 0.25) is 5.91 Å². The molecule has 184 valence electrons. The molecule has 2 aliphatic heterocycles. The van der Waals surface area contributed by atoms with Crippen molar-refractivity contribution < 1.29 is 9.53 Å². The van der Waals surface area contributed by atoms with Crippen LogP contribution in [0.1, 0.15) is 22.9 Å². The van der Waals surface area contributed by atoms with Crippen LogP contribution in [0, 0.1) is 0 Å². The number of fused-ring (bicyclic) bond motifs is 1. The van der Waals surface area contributed by atoms with Gasteiger partial charge in [-0.25, -0.2) is 0 Å². The molecule has 9 heteroatoms. The fourth-order valence-electron chi connectivity index (χ4n) is 4.54. The number of amides is 1. The molecule has 1 fully saturated rings. The van der Waals surface area contributed by atoms with E-state index in [1.165, 1.54) is 6.08 Å². The van der Waals surface area contributed by atoms with Crippen LogP contribution in [0.3, 0.4) is 0 Å². The predicted octanol–water partition coefficient (Wildman–Crippen LogP) is 3.17. The Kier molecular flexibility index (Phi) is 6.92. The second kappa shape index (κ2) is 10.6. The number of rotatable bonds is 7. The lowest BCUT2D eigenvalue weighted by atomic mass is 9.96. The van der Waals surface area contributed by atoms with Gasteiger partial charge in [-0.2, -0.15) is 0 Å². The Bertz CT molecular complexity index is 1260. The van der Waals surface area contributed by atoms with Gasteiger partial charge in [0.15, 0.2) is 0 Å². The largest absolute Gasteiger partial charge is 0.377 e. The number of nitrogens with zero attached hydrogens (tertiary/aromatic N) is 4. The number of benzene rings is 1. The minimum Gasteiger partial charge on any atom is -0.377 e. The first-order valence-corrected chi connectivity index (χ1v) is 11.9. The van der Waals surface area contributed by atoms with E-state index in [-0.39, 0.29) is 18.0 Å². The number of nitrogens with two attached hydrogens (primary N) is 1. The van der Waals surface area contributed by atoms with Gasteiger partial charge in [0.25, 0.3) is 0 Å². The molecule has 3 aromatic rings. The SMILES string of the molecule is C=CC(=O)Nc1ccnc(C2c3ccncc3C=CN2Nc2ccc(N3CCOCC3CN)cc2)c1. The standard InChI is InChI=1S/C27H29N7O2/c1-2-26(35)31-21-7-11-30-25(15-21)27-24-8-10-29-17-19(24)9-12-34(27)32-20-3-5-22(6-4-20)33-13-14-36-18-23(33)16-28/h2-12,15,17,23,27,32H,1,13-14,16,18,28H2,(H,30,31,35). The van der Waals surface area contributed by atoms with Crippen molar-refractivity contribution in [1.82, 2.24) is 15.0 Å². The van der Waals surface area contributed by atoms with E-state index in [0.717, 1.165) is 34.7 Å². The summed E-state index contributed by atoms with van der Waals surface area (Å²) < 4.78 is 5.58. The second-order valence-corrected chi connectivity index (χ2v) is 8.61. The van der Waals surface area contributed by atoms with Gasteiger partial charge in [0.1, 0.15) is 6.04 Å². The third-order valence-corrected chi connectivity index (χ3v) is 6.35. The summed E-state index contributed by atoms with van der Waals surface area (Å²) >= 11 is 0. The molecule has 1 aromatic carbocycles. The summed E-state index contributed by atoms with van der Waals surface area (Å²) in [5.41, 5.74) is 15.0. The third kappa shape index (κ3) is 4.93. The maximum absolute atomic E-state index is 11.8. The maximum Gasteiger partial charge on any atom is 0.247 e. The van der Waals surface area contributed by atoms with E-state index < -0.39 is 0 Å². The van der Waals surface area contributed by atoms with Gasteiger partial charge in [-0.05, 0) is 60.2 Å². The average Bonchev–Trinajstić information content (AvgIpc) is 2.93. The Hall–Kier alpha value is -4.21. The van der Waals surface area contributed by atoms with Crippen molar-refractivity contribution in [2.45, 2.75) is 12.1 Å². The molecular weight excluding hydrogens is 454 g/mol. The lowest BCUT2D eigenvalue weighted by Crippen LogP contribution is -2.49. The number of aromatic nitrogens is 2. The molecule has 2 aromatic heterocycles.